The molecule has 3 aliphatic rings. The molecule has 1 amide bonds. The summed E-state index contributed by atoms with van der Waals surface area (Å²) in [6, 6.07) is 13.3. The summed E-state index contributed by atoms with van der Waals surface area (Å²) in [6.07, 6.45) is 3.71. The van der Waals surface area contributed by atoms with Gasteiger partial charge in [-0.15, -0.1) is 0 Å². The zero-order chi connectivity index (χ0) is 17.3. The normalized spacial score (nSPS) is 21.2. The molecule has 2 aromatic carbocycles. The molecule has 25 heavy (non-hydrogen) atoms. The number of fused-ring (bicyclic) bond motifs is 2. The van der Waals surface area contributed by atoms with Gasteiger partial charge < -0.3 is 15.1 Å². The molecule has 0 spiro atoms. The van der Waals surface area contributed by atoms with Gasteiger partial charge in [-0.05, 0) is 22.9 Å². The van der Waals surface area contributed by atoms with E-state index in [2.05, 4.69) is 0 Å². The summed E-state index contributed by atoms with van der Waals surface area (Å²) >= 11 is 0. The Labute approximate surface area is 144 Å². The Kier molecular flexibility index (Phi) is 2.64. The van der Waals surface area contributed by atoms with E-state index in [0.717, 1.165) is 10.8 Å². The van der Waals surface area contributed by atoms with E-state index in [0.29, 0.717) is 16.8 Å². The van der Waals surface area contributed by atoms with Crippen molar-refractivity contribution < 1.29 is 15.0 Å². The Morgan fingerprint density at radius 3 is 2.44 bits per heavy atom. The highest BCUT2D eigenvalue weighted by atomic mass is 16.3. The minimum absolute atomic E-state index is 0.0125. The predicted molar refractivity (Wildman–Crippen MR) is 94.0 cm³/mol. The average Bonchev–Trinajstić information content (AvgIpc) is 2.90. The number of hydrogen-bond donors (Lipinski definition) is 2. The van der Waals surface area contributed by atoms with E-state index in [1.807, 2.05) is 48.5 Å². The third-order valence-electron chi connectivity index (χ3n) is 5.31. The van der Waals surface area contributed by atoms with E-state index in [-0.39, 0.29) is 23.7 Å². The van der Waals surface area contributed by atoms with Gasteiger partial charge in [0.05, 0.1) is 17.6 Å². The van der Waals surface area contributed by atoms with Crippen LogP contribution in [0.1, 0.15) is 23.1 Å². The summed E-state index contributed by atoms with van der Waals surface area (Å²) in [6.45, 7) is 0. The quantitative estimate of drug-likeness (QED) is 0.673. The van der Waals surface area contributed by atoms with Crippen molar-refractivity contribution in [2.75, 3.05) is 7.05 Å². The molecule has 2 bridgehead atoms. The Hall–Kier alpha value is -3.21. The largest absolute Gasteiger partial charge is 0.494 e. The van der Waals surface area contributed by atoms with Crippen molar-refractivity contribution in [1.82, 2.24) is 9.47 Å². The molecule has 6 rings (SSSR count). The number of aromatic hydroxyl groups is 2. The van der Waals surface area contributed by atoms with Gasteiger partial charge in [0.2, 0.25) is 17.7 Å². The molecule has 0 unspecified atom stereocenters. The van der Waals surface area contributed by atoms with Crippen molar-refractivity contribution in [3.05, 3.63) is 65.7 Å². The molecule has 1 aromatic heterocycles. The summed E-state index contributed by atoms with van der Waals surface area (Å²) in [5.74, 6) is -0.686. The van der Waals surface area contributed by atoms with Gasteiger partial charge in [0.1, 0.15) is 0 Å². The van der Waals surface area contributed by atoms with Crippen LogP contribution in [0.15, 0.2) is 54.6 Å². The van der Waals surface area contributed by atoms with E-state index in [4.69, 9.17) is 0 Å². The molecule has 2 atom stereocenters. The molecular weight excluding hydrogens is 316 g/mol. The highest BCUT2D eigenvalue weighted by molar-refractivity contribution is 5.92. The number of carbonyl (C=O) groups excluding carboxylic acids is 1. The first-order chi connectivity index (χ1) is 12.1. The Bertz CT molecular complexity index is 1080. The molecule has 0 saturated heterocycles. The Morgan fingerprint density at radius 1 is 0.920 bits per heavy atom. The second kappa shape index (κ2) is 4.66. The monoisotopic (exact) mass is 332 g/mol. The van der Waals surface area contributed by atoms with Gasteiger partial charge in [0.25, 0.3) is 0 Å². The van der Waals surface area contributed by atoms with E-state index >= 15 is 0 Å². The zero-order valence-corrected chi connectivity index (χ0v) is 13.5. The lowest BCUT2D eigenvalue weighted by molar-refractivity contribution is -0.133. The number of nitrogens with zero attached hydrogens (tertiary/aromatic N) is 2. The first-order valence-electron chi connectivity index (χ1n) is 8.18. The Balaban J connectivity index is 1.77. The van der Waals surface area contributed by atoms with Crippen LogP contribution in [-0.4, -0.2) is 32.6 Å². The van der Waals surface area contributed by atoms with Crippen molar-refractivity contribution in [2.45, 2.75) is 12.0 Å². The van der Waals surface area contributed by atoms with Gasteiger partial charge in [0.15, 0.2) is 0 Å². The maximum Gasteiger partial charge on any atom is 0.234 e. The third-order valence-corrected chi connectivity index (χ3v) is 5.31. The van der Waals surface area contributed by atoms with Crippen LogP contribution >= 0.6 is 0 Å². The fourth-order valence-electron chi connectivity index (χ4n) is 4.03. The molecule has 5 heteroatoms. The van der Waals surface area contributed by atoms with Gasteiger partial charge in [-0.1, -0.05) is 42.5 Å². The van der Waals surface area contributed by atoms with Crippen molar-refractivity contribution in [1.29, 1.82) is 0 Å². The smallest absolute Gasteiger partial charge is 0.234 e. The molecule has 2 aliphatic heterocycles. The van der Waals surface area contributed by atoms with Crippen LogP contribution in [0, 0.1) is 0 Å². The molecule has 3 heterocycles. The standard InChI is InChI=1S/C20H16N2O3/c1-21-15-9-8-14(18(21)23)16-17(15)20(25)22(19(16)24)13-7-6-11-4-2-3-5-12(11)10-13/h2-10,14-15,24-25H,1H3/t14-,15+/m1/s1. The summed E-state index contributed by atoms with van der Waals surface area (Å²) in [4.78, 5) is 14.0. The van der Waals surface area contributed by atoms with Gasteiger partial charge >= 0.3 is 0 Å². The van der Waals surface area contributed by atoms with E-state index in [9.17, 15) is 15.0 Å². The van der Waals surface area contributed by atoms with Crippen LogP contribution in [0.25, 0.3) is 16.5 Å². The number of amides is 1. The topological polar surface area (TPSA) is 65.7 Å². The summed E-state index contributed by atoms with van der Waals surface area (Å²) in [5.41, 5.74) is 1.79. The molecule has 124 valence electrons. The molecule has 5 nitrogen and oxygen atoms in total. The van der Waals surface area contributed by atoms with E-state index in [1.165, 1.54) is 4.57 Å². The van der Waals surface area contributed by atoms with E-state index < -0.39 is 5.92 Å². The van der Waals surface area contributed by atoms with Crippen molar-refractivity contribution in [3.8, 4) is 17.4 Å². The average molecular weight is 332 g/mol. The fourth-order valence-corrected chi connectivity index (χ4v) is 4.03. The van der Waals surface area contributed by atoms with Crippen molar-refractivity contribution >= 4 is 16.7 Å². The number of rotatable bonds is 1. The van der Waals surface area contributed by atoms with Gasteiger partial charge in [-0.3, -0.25) is 9.36 Å². The first-order valence-corrected chi connectivity index (χ1v) is 8.18. The second-order valence-corrected chi connectivity index (χ2v) is 6.60. The summed E-state index contributed by atoms with van der Waals surface area (Å²) in [7, 11) is 1.72. The summed E-state index contributed by atoms with van der Waals surface area (Å²) < 4.78 is 1.43. The number of aromatic nitrogens is 1. The highest BCUT2D eigenvalue weighted by Crippen LogP contribution is 2.52. The lowest BCUT2D eigenvalue weighted by atomic mass is 9.81. The minimum atomic E-state index is -0.544. The molecule has 2 N–H and O–H groups in total. The third kappa shape index (κ3) is 1.70. The van der Waals surface area contributed by atoms with Crippen LogP contribution in [0.4, 0.5) is 0 Å². The fraction of sp³-hybridized carbons (Fsp3) is 0.150. The zero-order valence-electron chi connectivity index (χ0n) is 13.5. The predicted octanol–water partition coefficient (Wildman–Crippen LogP) is 3.21. The molecule has 0 radical (unpaired) electrons. The van der Waals surface area contributed by atoms with Crippen LogP contribution in [0.3, 0.4) is 0 Å². The highest BCUT2D eigenvalue weighted by Gasteiger charge is 2.45. The maximum absolute atomic E-state index is 12.4. The van der Waals surface area contributed by atoms with Crippen molar-refractivity contribution in [2.24, 2.45) is 0 Å². The lowest BCUT2D eigenvalue weighted by Crippen LogP contribution is -2.41. The van der Waals surface area contributed by atoms with Crippen LogP contribution in [0.2, 0.25) is 0 Å². The van der Waals surface area contributed by atoms with Crippen LogP contribution < -0.4 is 0 Å². The summed E-state index contributed by atoms with van der Waals surface area (Å²) in [5, 5.41) is 23.7. The molecule has 1 aliphatic carbocycles. The molecule has 0 fully saturated rings. The number of hydrogen-bond acceptors (Lipinski definition) is 3. The van der Waals surface area contributed by atoms with Gasteiger partial charge in [-0.2, -0.15) is 0 Å². The second-order valence-electron chi connectivity index (χ2n) is 6.60. The van der Waals surface area contributed by atoms with Crippen molar-refractivity contribution in [3.63, 3.8) is 0 Å². The van der Waals surface area contributed by atoms with Gasteiger partial charge in [-0.25, -0.2) is 0 Å². The molecule has 3 aromatic rings. The molecule has 0 saturated carbocycles. The van der Waals surface area contributed by atoms with Gasteiger partial charge in [0, 0.05) is 18.2 Å². The van der Waals surface area contributed by atoms with Crippen LogP contribution in [-0.2, 0) is 4.79 Å². The SMILES string of the molecule is CN1C(=O)[C@@H]2C=C[C@H]1c1c2c(O)n(-c2ccc3ccccc3c2)c1O. The van der Waals surface area contributed by atoms with E-state index in [1.54, 1.807) is 18.0 Å². The Morgan fingerprint density at radius 2 is 1.64 bits per heavy atom. The number of likely N-dealkylation sites (N-methyl/N-ethyl adjacent to an activating group) is 1. The maximum atomic E-state index is 12.4. The minimum Gasteiger partial charge on any atom is -0.494 e. The number of benzene rings is 2. The first kappa shape index (κ1) is 14.2. The number of carbonyl (C=O) groups is 1. The molecular formula is C20H16N2O3. The van der Waals surface area contributed by atoms with Crippen LogP contribution in [0.5, 0.6) is 11.8 Å². The lowest BCUT2D eigenvalue weighted by Gasteiger charge is -2.38.